The number of hydrogen-bond donors (Lipinski definition) is 1. The second kappa shape index (κ2) is 3.38. The lowest BCUT2D eigenvalue weighted by atomic mass is 9.80. The van der Waals surface area contributed by atoms with Crippen molar-refractivity contribution in [2.24, 2.45) is 23.7 Å². The fourth-order valence-corrected chi connectivity index (χ4v) is 4.53. The third-order valence-electron chi connectivity index (χ3n) is 4.62. The molecule has 0 aromatic carbocycles. The van der Waals surface area contributed by atoms with Crippen molar-refractivity contribution in [1.82, 2.24) is 0 Å². The molecular formula is C11H16OS2. The molecule has 78 valence electrons. The molecule has 3 heteroatoms. The van der Waals surface area contributed by atoms with Crippen molar-refractivity contribution in [2.75, 3.05) is 0 Å². The van der Waals surface area contributed by atoms with Crippen molar-refractivity contribution in [2.45, 2.75) is 38.2 Å². The second-order valence-electron chi connectivity index (χ2n) is 5.08. The predicted molar refractivity (Wildman–Crippen MR) is 63.5 cm³/mol. The fourth-order valence-electron chi connectivity index (χ4n) is 4.27. The van der Waals surface area contributed by atoms with Crippen molar-refractivity contribution in [3.05, 3.63) is 0 Å². The topological polar surface area (TPSA) is 9.23 Å². The quantitative estimate of drug-likeness (QED) is 0.545. The standard InChI is InChI=1S/C11H16OS2/c13-11(14)12-10-5-6-4-9(10)8-3-1-2-7(6)8/h6-10H,1-5H2,(H,13,14)/t6-,7?,8?,9-,10+/m1/s1. The summed E-state index contributed by atoms with van der Waals surface area (Å²) in [4.78, 5) is 0. The Balaban J connectivity index is 1.73. The van der Waals surface area contributed by atoms with Crippen LogP contribution < -0.4 is 0 Å². The normalized spacial score (nSPS) is 49.4. The van der Waals surface area contributed by atoms with Gasteiger partial charge in [-0.1, -0.05) is 19.0 Å². The average molecular weight is 228 g/mol. The summed E-state index contributed by atoms with van der Waals surface area (Å²) in [5.41, 5.74) is 0. The van der Waals surface area contributed by atoms with Crippen LogP contribution in [0.4, 0.5) is 0 Å². The van der Waals surface area contributed by atoms with Crippen LogP contribution in [0.25, 0.3) is 0 Å². The van der Waals surface area contributed by atoms with E-state index >= 15 is 0 Å². The Bertz CT molecular complexity index is 266. The number of thiocarbonyl (C=S) groups is 1. The summed E-state index contributed by atoms with van der Waals surface area (Å²) < 4.78 is 6.09. The molecule has 3 fully saturated rings. The Morgan fingerprint density at radius 3 is 2.71 bits per heavy atom. The average Bonchev–Trinajstić information content (AvgIpc) is 2.68. The molecule has 3 aliphatic carbocycles. The Kier molecular flexibility index (Phi) is 2.28. The highest BCUT2D eigenvalue weighted by Crippen LogP contribution is 2.59. The van der Waals surface area contributed by atoms with Gasteiger partial charge in [0.2, 0.25) is 4.38 Å². The van der Waals surface area contributed by atoms with Crippen LogP contribution in [-0.4, -0.2) is 10.5 Å². The van der Waals surface area contributed by atoms with Crippen LogP contribution in [0.2, 0.25) is 0 Å². The van der Waals surface area contributed by atoms with Crippen molar-refractivity contribution in [3.63, 3.8) is 0 Å². The molecule has 0 aromatic heterocycles. The van der Waals surface area contributed by atoms with Crippen molar-refractivity contribution in [3.8, 4) is 0 Å². The number of fused-ring (bicyclic) bond motifs is 5. The van der Waals surface area contributed by atoms with Crippen LogP contribution in [0, 0.1) is 23.7 Å². The van der Waals surface area contributed by atoms with Crippen LogP contribution in [0.3, 0.4) is 0 Å². The van der Waals surface area contributed by atoms with Gasteiger partial charge in [-0.25, -0.2) is 0 Å². The van der Waals surface area contributed by atoms with Gasteiger partial charge in [0.1, 0.15) is 6.10 Å². The highest BCUT2D eigenvalue weighted by molar-refractivity contribution is 8.10. The molecule has 1 nitrogen and oxygen atoms in total. The van der Waals surface area contributed by atoms with Gasteiger partial charge in [-0.05, 0) is 61.6 Å². The third kappa shape index (κ3) is 1.32. The van der Waals surface area contributed by atoms with E-state index in [0.29, 0.717) is 10.5 Å². The minimum absolute atomic E-state index is 0.407. The Morgan fingerprint density at radius 1 is 1.14 bits per heavy atom. The van der Waals surface area contributed by atoms with Crippen molar-refractivity contribution >= 4 is 29.2 Å². The maximum absolute atomic E-state index is 5.65. The monoisotopic (exact) mass is 228 g/mol. The highest BCUT2D eigenvalue weighted by atomic mass is 32.1. The Morgan fingerprint density at radius 2 is 1.93 bits per heavy atom. The Hall–Kier alpha value is 0.240. The molecule has 2 bridgehead atoms. The van der Waals surface area contributed by atoms with Gasteiger partial charge >= 0.3 is 0 Å². The van der Waals surface area contributed by atoms with E-state index in [9.17, 15) is 0 Å². The highest BCUT2D eigenvalue weighted by Gasteiger charge is 2.54. The van der Waals surface area contributed by atoms with Crippen LogP contribution >= 0.6 is 24.8 Å². The first kappa shape index (κ1) is 9.46. The lowest BCUT2D eigenvalue weighted by molar-refractivity contribution is 0.0814. The molecule has 0 heterocycles. The molecule has 3 saturated carbocycles. The number of thiol groups is 1. The van der Waals surface area contributed by atoms with Gasteiger partial charge in [-0.2, -0.15) is 0 Å². The van der Waals surface area contributed by atoms with Gasteiger partial charge in [0.05, 0.1) is 0 Å². The van der Waals surface area contributed by atoms with Gasteiger partial charge < -0.3 is 4.74 Å². The molecule has 0 aromatic rings. The maximum atomic E-state index is 5.65. The number of ether oxygens (including phenoxy) is 1. The van der Waals surface area contributed by atoms with Gasteiger partial charge in [0.15, 0.2) is 0 Å². The minimum atomic E-state index is 0.407. The minimum Gasteiger partial charge on any atom is -0.475 e. The van der Waals surface area contributed by atoms with Gasteiger partial charge in [0, 0.05) is 0 Å². The first-order chi connectivity index (χ1) is 6.75. The van der Waals surface area contributed by atoms with E-state index in [1.165, 1.54) is 32.1 Å². The molecule has 0 spiro atoms. The SMILES string of the molecule is S=C(S)O[C@H]1C[C@H]2C[C@@H]1C1CCCC12. The molecule has 3 rings (SSSR count). The summed E-state index contributed by atoms with van der Waals surface area (Å²) in [6, 6.07) is 0. The summed E-state index contributed by atoms with van der Waals surface area (Å²) in [5, 5.41) is 0. The maximum Gasteiger partial charge on any atom is 0.217 e. The van der Waals surface area contributed by atoms with E-state index in [-0.39, 0.29) is 0 Å². The molecule has 2 unspecified atom stereocenters. The van der Waals surface area contributed by atoms with Gasteiger partial charge in [0.25, 0.3) is 0 Å². The molecule has 0 saturated heterocycles. The van der Waals surface area contributed by atoms with Crippen LogP contribution in [-0.2, 0) is 4.74 Å². The smallest absolute Gasteiger partial charge is 0.217 e. The summed E-state index contributed by atoms with van der Waals surface area (Å²) in [7, 11) is 0. The van der Waals surface area contributed by atoms with Crippen molar-refractivity contribution < 1.29 is 4.74 Å². The fraction of sp³-hybridized carbons (Fsp3) is 0.909. The molecule has 0 radical (unpaired) electrons. The van der Waals surface area contributed by atoms with E-state index in [4.69, 9.17) is 17.0 Å². The molecule has 0 N–H and O–H groups in total. The van der Waals surface area contributed by atoms with E-state index in [2.05, 4.69) is 12.6 Å². The zero-order valence-electron chi connectivity index (χ0n) is 8.19. The lowest BCUT2D eigenvalue weighted by Crippen LogP contribution is -2.30. The third-order valence-corrected chi connectivity index (χ3v) is 4.82. The first-order valence-electron chi connectivity index (χ1n) is 5.65. The number of hydrogen-bond acceptors (Lipinski definition) is 2. The molecule has 0 aliphatic heterocycles. The van der Waals surface area contributed by atoms with Crippen molar-refractivity contribution in [1.29, 1.82) is 0 Å². The van der Waals surface area contributed by atoms with E-state index in [1.54, 1.807) is 0 Å². The van der Waals surface area contributed by atoms with Crippen LogP contribution in [0.5, 0.6) is 0 Å². The molecule has 3 aliphatic rings. The molecule has 0 amide bonds. The zero-order valence-corrected chi connectivity index (χ0v) is 9.90. The largest absolute Gasteiger partial charge is 0.475 e. The summed E-state index contributed by atoms with van der Waals surface area (Å²) >= 11 is 8.98. The van der Waals surface area contributed by atoms with Gasteiger partial charge in [-0.3, -0.25) is 0 Å². The summed E-state index contributed by atoms with van der Waals surface area (Å²) in [6.07, 6.45) is 7.41. The molecule has 5 atom stereocenters. The molecule has 14 heavy (non-hydrogen) atoms. The summed E-state index contributed by atoms with van der Waals surface area (Å²) in [5.74, 6) is 3.74. The van der Waals surface area contributed by atoms with Crippen LogP contribution in [0.1, 0.15) is 32.1 Å². The van der Waals surface area contributed by atoms with E-state index in [0.717, 1.165) is 23.7 Å². The molecular weight excluding hydrogens is 212 g/mol. The van der Waals surface area contributed by atoms with Crippen LogP contribution in [0.15, 0.2) is 0 Å². The lowest BCUT2D eigenvalue weighted by Gasteiger charge is -2.31. The zero-order chi connectivity index (χ0) is 9.71. The second-order valence-corrected chi connectivity index (χ2v) is 6.16. The summed E-state index contributed by atoms with van der Waals surface area (Å²) in [6.45, 7) is 0. The number of rotatable bonds is 1. The Labute approximate surface area is 96.0 Å². The van der Waals surface area contributed by atoms with E-state index < -0.39 is 0 Å². The predicted octanol–water partition coefficient (Wildman–Crippen LogP) is 3.04. The van der Waals surface area contributed by atoms with E-state index in [1.807, 2.05) is 0 Å². The first-order valence-corrected chi connectivity index (χ1v) is 6.51. The van der Waals surface area contributed by atoms with Gasteiger partial charge in [-0.15, -0.1) is 0 Å².